The SMILES string of the molecule is [2H]c1c2ccccc2c(-c2cccc3c2[se]c2cc(-c4c5ccccc5c(-c5ccccc5)c5ccccc45)ccc23)c2ccccc12. The molecule has 0 nitrogen and oxygen atoms in total. The van der Waals surface area contributed by atoms with Crippen LogP contribution in [0.3, 0.4) is 0 Å². The van der Waals surface area contributed by atoms with Crippen LogP contribution in [-0.2, 0) is 0 Å². The molecule has 0 aliphatic rings. The average Bonchev–Trinajstić information content (AvgIpc) is 3.53. The van der Waals surface area contributed by atoms with E-state index in [4.69, 9.17) is 1.37 Å². The minimum atomic E-state index is 0.120. The Hall–Kier alpha value is -5.46. The third-order valence-corrected chi connectivity index (χ3v) is 12.2. The van der Waals surface area contributed by atoms with Crippen molar-refractivity contribution in [2.75, 3.05) is 0 Å². The molecule has 0 saturated carbocycles. The van der Waals surface area contributed by atoms with Crippen molar-refractivity contribution in [3.05, 3.63) is 170 Å². The molecule has 1 aromatic heterocycles. The minimum absolute atomic E-state index is 0.120. The molecule has 0 amide bonds. The van der Waals surface area contributed by atoms with Crippen LogP contribution in [0.5, 0.6) is 0 Å². The van der Waals surface area contributed by atoms with Crippen molar-refractivity contribution >= 4 is 76.9 Å². The van der Waals surface area contributed by atoms with E-state index in [1.807, 2.05) is 0 Å². The summed E-state index contributed by atoms with van der Waals surface area (Å²) in [6, 6.07) is 60.1. The van der Waals surface area contributed by atoms with E-state index in [1.165, 1.54) is 74.2 Å². The Morgan fingerprint density at radius 2 is 0.872 bits per heavy atom. The summed E-state index contributed by atoms with van der Waals surface area (Å²) >= 11 is 0.120. The van der Waals surface area contributed by atoms with Crippen LogP contribution in [0.4, 0.5) is 0 Å². The molecule has 0 unspecified atom stereocenters. The molecule has 0 aliphatic carbocycles. The fourth-order valence-corrected chi connectivity index (χ4v) is 10.4. The van der Waals surface area contributed by atoms with Crippen molar-refractivity contribution < 1.29 is 1.37 Å². The van der Waals surface area contributed by atoms with E-state index in [2.05, 4.69) is 164 Å². The Balaban J connectivity index is 1.26. The van der Waals surface area contributed by atoms with E-state index < -0.39 is 0 Å². The summed E-state index contributed by atoms with van der Waals surface area (Å²) in [5, 5.41) is 12.1. The van der Waals surface area contributed by atoms with Gasteiger partial charge in [0.05, 0.1) is 0 Å². The van der Waals surface area contributed by atoms with E-state index in [9.17, 15) is 0 Å². The molecule has 0 radical (unpaired) electrons. The van der Waals surface area contributed by atoms with Gasteiger partial charge in [-0.25, -0.2) is 0 Å². The third-order valence-electron chi connectivity index (χ3n) is 9.71. The third kappa shape index (κ3) is 4.08. The van der Waals surface area contributed by atoms with E-state index >= 15 is 0 Å². The molecular formula is C46H28Se. The quantitative estimate of drug-likeness (QED) is 0.131. The van der Waals surface area contributed by atoms with Crippen LogP contribution in [0.2, 0.25) is 0 Å². The first-order valence-electron chi connectivity index (χ1n) is 16.6. The number of fused-ring (bicyclic) bond motifs is 7. The molecule has 0 spiro atoms. The molecule has 0 atom stereocenters. The van der Waals surface area contributed by atoms with E-state index in [0.717, 1.165) is 21.5 Å². The van der Waals surface area contributed by atoms with Crippen molar-refractivity contribution in [2.45, 2.75) is 0 Å². The van der Waals surface area contributed by atoms with Crippen molar-refractivity contribution in [3.8, 4) is 33.4 Å². The molecule has 0 N–H and O–H groups in total. The van der Waals surface area contributed by atoms with Gasteiger partial charge in [0.25, 0.3) is 0 Å². The Morgan fingerprint density at radius 1 is 0.362 bits per heavy atom. The predicted octanol–water partition coefficient (Wildman–Crippen LogP) is 12.7. The van der Waals surface area contributed by atoms with Gasteiger partial charge in [0.1, 0.15) is 0 Å². The zero-order valence-electron chi connectivity index (χ0n) is 26.5. The summed E-state index contributed by atoms with van der Waals surface area (Å²) < 4.78 is 11.9. The van der Waals surface area contributed by atoms with E-state index in [-0.39, 0.29) is 14.5 Å². The number of rotatable bonds is 3. The molecule has 0 bridgehead atoms. The topological polar surface area (TPSA) is 0 Å². The molecule has 1 heterocycles. The number of hydrogen-bond acceptors (Lipinski definition) is 0. The van der Waals surface area contributed by atoms with Crippen molar-refractivity contribution in [3.63, 3.8) is 0 Å². The zero-order chi connectivity index (χ0) is 31.8. The maximum absolute atomic E-state index is 9.04. The second-order valence-corrected chi connectivity index (χ2v) is 14.5. The summed E-state index contributed by atoms with van der Waals surface area (Å²) in [4.78, 5) is 0. The summed E-state index contributed by atoms with van der Waals surface area (Å²) in [5.41, 5.74) is 7.66. The summed E-state index contributed by atoms with van der Waals surface area (Å²) in [5.74, 6) is 0. The van der Waals surface area contributed by atoms with Crippen LogP contribution < -0.4 is 0 Å². The number of hydrogen-bond donors (Lipinski definition) is 0. The van der Waals surface area contributed by atoms with Gasteiger partial charge in [-0.1, -0.05) is 0 Å². The Labute approximate surface area is 280 Å². The Morgan fingerprint density at radius 3 is 1.49 bits per heavy atom. The first kappa shape index (κ1) is 25.7. The monoisotopic (exact) mass is 661 g/mol. The predicted molar refractivity (Wildman–Crippen MR) is 205 cm³/mol. The van der Waals surface area contributed by atoms with Crippen LogP contribution in [0.15, 0.2) is 170 Å². The molecule has 218 valence electrons. The van der Waals surface area contributed by atoms with Gasteiger partial charge in [-0.05, 0) is 0 Å². The van der Waals surface area contributed by atoms with Crippen molar-refractivity contribution in [1.82, 2.24) is 0 Å². The fourth-order valence-electron chi connectivity index (χ4n) is 7.71. The average molecular weight is 661 g/mol. The van der Waals surface area contributed by atoms with E-state index in [0.29, 0.717) is 6.04 Å². The molecule has 10 rings (SSSR count). The first-order chi connectivity index (χ1) is 23.8. The zero-order valence-corrected chi connectivity index (χ0v) is 27.2. The van der Waals surface area contributed by atoms with Crippen LogP contribution in [0.25, 0.3) is 95.8 Å². The normalized spacial score (nSPS) is 12.1. The molecule has 9 aromatic carbocycles. The van der Waals surface area contributed by atoms with Crippen LogP contribution >= 0.6 is 0 Å². The summed E-state index contributed by atoms with van der Waals surface area (Å²) in [6.45, 7) is 0. The molecule has 47 heavy (non-hydrogen) atoms. The van der Waals surface area contributed by atoms with Gasteiger partial charge in [0.15, 0.2) is 0 Å². The van der Waals surface area contributed by atoms with Crippen molar-refractivity contribution in [2.24, 2.45) is 0 Å². The molecular weight excluding hydrogens is 631 g/mol. The fraction of sp³-hybridized carbons (Fsp3) is 0. The van der Waals surface area contributed by atoms with Gasteiger partial charge in [-0.2, -0.15) is 0 Å². The van der Waals surface area contributed by atoms with Gasteiger partial charge in [0, 0.05) is 0 Å². The summed E-state index contributed by atoms with van der Waals surface area (Å²) in [6.07, 6.45) is 0. The first-order valence-corrected chi connectivity index (χ1v) is 17.8. The maximum atomic E-state index is 9.04. The number of benzene rings is 9. The van der Waals surface area contributed by atoms with Crippen molar-refractivity contribution in [1.29, 1.82) is 0 Å². The second-order valence-electron chi connectivity index (χ2n) is 12.3. The van der Waals surface area contributed by atoms with Gasteiger partial charge >= 0.3 is 281 Å². The molecule has 10 aromatic rings. The van der Waals surface area contributed by atoms with E-state index in [1.54, 1.807) is 0 Å². The molecule has 0 fully saturated rings. The standard InChI is InChI=1S/C46H28Se/c1-2-13-29(14-3-1)43-36-19-8-10-21-38(36)44(39-22-11-9-20-37(39)43)32-25-26-35-40-23-12-24-41(46(40)47-42(35)28-32)45-33-17-6-4-15-30(33)27-31-16-5-7-18-34(31)45/h1-28H/i27D. The Kier molecular flexibility index (Phi) is 5.76. The Bertz CT molecular complexity index is 2780. The molecule has 0 saturated heterocycles. The van der Waals surface area contributed by atoms with Crippen LogP contribution in [-0.4, -0.2) is 14.5 Å². The second kappa shape index (κ2) is 10.5. The molecule has 1 heteroatoms. The van der Waals surface area contributed by atoms with Gasteiger partial charge in [0.2, 0.25) is 0 Å². The van der Waals surface area contributed by atoms with Gasteiger partial charge < -0.3 is 0 Å². The van der Waals surface area contributed by atoms with Gasteiger partial charge in [-0.3, -0.25) is 0 Å². The van der Waals surface area contributed by atoms with Crippen LogP contribution in [0.1, 0.15) is 1.37 Å². The van der Waals surface area contributed by atoms with Crippen LogP contribution in [0, 0.1) is 0 Å². The molecule has 0 aliphatic heterocycles. The van der Waals surface area contributed by atoms with Gasteiger partial charge in [-0.15, -0.1) is 0 Å². The summed E-state index contributed by atoms with van der Waals surface area (Å²) in [7, 11) is 0.